The van der Waals surface area contributed by atoms with E-state index < -0.39 is 15.6 Å². The summed E-state index contributed by atoms with van der Waals surface area (Å²) in [6.45, 7) is 6.83. The fourth-order valence-electron chi connectivity index (χ4n) is 2.69. The zero-order valence-electron chi connectivity index (χ0n) is 16.4. The van der Waals surface area contributed by atoms with Crippen molar-refractivity contribution >= 4 is 16.0 Å². The summed E-state index contributed by atoms with van der Waals surface area (Å²) in [5.41, 5.74) is -1.24. The molecule has 1 aromatic rings. The Morgan fingerprint density at radius 3 is 2.67 bits per heavy atom. The summed E-state index contributed by atoms with van der Waals surface area (Å²) in [6, 6.07) is 3.52. The van der Waals surface area contributed by atoms with Crippen LogP contribution in [0.5, 0.6) is 0 Å². The number of furan rings is 1. The first-order valence-electron chi connectivity index (χ1n) is 9.50. The average Bonchev–Trinajstić information content (AvgIpc) is 2.98. The minimum absolute atomic E-state index is 0.0299. The highest BCUT2D eigenvalue weighted by Gasteiger charge is 2.26. The molecule has 1 aliphatic rings. The largest absolute Gasteiger partial charge is 0.463 e. The van der Waals surface area contributed by atoms with Gasteiger partial charge in [0.25, 0.3) is 0 Å². The molecule has 1 heterocycles. The standard InChI is InChI=1S/C18H32N4O4S/c1-4-19-17(21-13-18(3,23)16-9-8-14(2)26-16)20-10-11-27(24,25)22-12-15-6-5-7-15/h8-9,15,22-23H,4-7,10-13H2,1-3H3,(H2,19,20,21). The van der Waals surface area contributed by atoms with E-state index in [4.69, 9.17) is 4.42 Å². The van der Waals surface area contributed by atoms with E-state index in [1.165, 1.54) is 6.42 Å². The minimum atomic E-state index is -3.31. The fourth-order valence-corrected chi connectivity index (χ4v) is 3.70. The third-order valence-electron chi connectivity index (χ3n) is 4.64. The van der Waals surface area contributed by atoms with Crippen LogP contribution in [0.15, 0.2) is 21.5 Å². The molecule has 0 bridgehead atoms. The number of nitrogens with zero attached hydrogens (tertiary/aromatic N) is 1. The van der Waals surface area contributed by atoms with Crippen LogP contribution in [0.4, 0.5) is 0 Å². The van der Waals surface area contributed by atoms with E-state index in [2.05, 4.69) is 20.3 Å². The third kappa shape index (κ3) is 7.15. The van der Waals surface area contributed by atoms with Gasteiger partial charge in [0.15, 0.2) is 5.96 Å². The number of hydrogen-bond donors (Lipinski definition) is 4. The first-order chi connectivity index (χ1) is 12.7. The first-order valence-corrected chi connectivity index (χ1v) is 11.2. The molecule has 1 atom stereocenters. The van der Waals surface area contributed by atoms with Gasteiger partial charge in [-0.3, -0.25) is 0 Å². The number of rotatable bonds is 10. The average molecular weight is 401 g/mol. The summed E-state index contributed by atoms with van der Waals surface area (Å²) < 4.78 is 32.3. The minimum Gasteiger partial charge on any atom is -0.463 e. The van der Waals surface area contributed by atoms with Crippen molar-refractivity contribution in [3.8, 4) is 0 Å². The quantitative estimate of drug-likeness (QED) is 0.345. The molecule has 0 aliphatic heterocycles. The number of guanidine groups is 1. The van der Waals surface area contributed by atoms with E-state index in [-0.39, 0.29) is 18.8 Å². The first kappa shape index (κ1) is 21.7. The normalized spacial score (nSPS) is 18.0. The molecule has 4 N–H and O–H groups in total. The molecular formula is C18H32N4O4S. The number of aliphatic imine (C=N–C) groups is 1. The lowest BCUT2D eigenvalue weighted by atomic mass is 9.86. The van der Waals surface area contributed by atoms with E-state index in [0.717, 1.165) is 18.6 Å². The molecule has 8 nitrogen and oxygen atoms in total. The van der Waals surface area contributed by atoms with Crippen molar-refractivity contribution in [1.82, 2.24) is 15.4 Å². The fraction of sp³-hybridized carbons (Fsp3) is 0.722. The van der Waals surface area contributed by atoms with Crippen molar-refractivity contribution in [2.45, 2.75) is 45.6 Å². The van der Waals surface area contributed by atoms with Crippen LogP contribution >= 0.6 is 0 Å². The smallest absolute Gasteiger partial charge is 0.213 e. The highest BCUT2D eigenvalue weighted by Crippen LogP contribution is 2.25. The van der Waals surface area contributed by atoms with Crippen LogP contribution in [0.1, 0.15) is 44.6 Å². The lowest BCUT2D eigenvalue weighted by Crippen LogP contribution is -2.42. The number of aliphatic hydroxyl groups is 1. The molecule has 2 rings (SSSR count). The maximum Gasteiger partial charge on any atom is 0.213 e. The molecule has 154 valence electrons. The Labute approximate surface area is 161 Å². The Morgan fingerprint density at radius 2 is 2.11 bits per heavy atom. The van der Waals surface area contributed by atoms with Gasteiger partial charge in [0.05, 0.1) is 12.3 Å². The van der Waals surface area contributed by atoms with Gasteiger partial charge in [-0.1, -0.05) is 6.42 Å². The Morgan fingerprint density at radius 1 is 1.37 bits per heavy atom. The second kappa shape index (κ2) is 9.57. The van der Waals surface area contributed by atoms with Crippen LogP contribution in [-0.4, -0.2) is 51.4 Å². The van der Waals surface area contributed by atoms with E-state index in [1.54, 1.807) is 19.1 Å². The summed E-state index contributed by atoms with van der Waals surface area (Å²) >= 11 is 0. The number of sulfonamides is 1. The molecular weight excluding hydrogens is 368 g/mol. The second-order valence-electron chi connectivity index (χ2n) is 7.27. The van der Waals surface area contributed by atoms with E-state index in [9.17, 15) is 13.5 Å². The Kier molecular flexibility index (Phi) is 7.69. The molecule has 1 aliphatic carbocycles. The Balaban J connectivity index is 1.83. The van der Waals surface area contributed by atoms with Gasteiger partial charge in [-0.15, -0.1) is 0 Å². The number of aryl methyl sites for hydroxylation is 1. The second-order valence-corrected chi connectivity index (χ2v) is 9.20. The van der Waals surface area contributed by atoms with Crippen LogP contribution in [0.25, 0.3) is 0 Å². The molecule has 9 heteroatoms. The summed E-state index contributed by atoms with van der Waals surface area (Å²) in [7, 11) is -3.31. The zero-order chi connectivity index (χ0) is 19.9. The lowest BCUT2D eigenvalue weighted by Gasteiger charge is -2.25. The maximum atomic E-state index is 12.1. The van der Waals surface area contributed by atoms with E-state index in [1.807, 2.05) is 13.8 Å². The maximum absolute atomic E-state index is 12.1. The Bertz CT molecular complexity index is 723. The molecule has 0 saturated heterocycles. The summed E-state index contributed by atoms with van der Waals surface area (Å²) in [5, 5.41) is 16.6. The van der Waals surface area contributed by atoms with Gasteiger partial charge in [0.2, 0.25) is 10.0 Å². The van der Waals surface area contributed by atoms with Crippen molar-refractivity contribution in [3.05, 3.63) is 23.7 Å². The third-order valence-corrected chi connectivity index (χ3v) is 5.99. The van der Waals surface area contributed by atoms with Crippen LogP contribution in [0.3, 0.4) is 0 Å². The van der Waals surface area contributed by atoms with Crippen LogP contribution in [-0.2, 0) is 15.6 Å². The van der Waals surface area contributed by atoms with E-state index in [0.29, 0.717) is 30.7 Å². The van der Waals surface area contributed by atoms with Crippen molar-refractivity contribution in [1.29, 1.82) is 0 Å². The van der Waals surface area contributed by atoms with Gasteiger partial charge in [0, 0.05) is 19.6 Å². The molecule has 1 unspecified atom stereocenters. The molecule has 1 saturated carbocycles. The Hall–Kier alpha value is -1.58. The SMILES string of the molecule is CCNC(=NCC(C)(O)c1ccc(C)o1)NCCS(=O)(=O)NCC1CCC1. The molecule has 1 fully saturated rings. The van der Waals surface area contributed by atoms with Crippen molar-refractivity contribution in [3.63, 3.8) is 0 Å². The summed E-state index contributed by atoms with van der Waals surface area (Å²) in [5.74, 6) is 2.08. The van der Waals surface area contributed by atoms with Gasteiger partial charge in [0.1, 0.15) is 17.1 Å². The van der Waals surface area contributed by atoms with Crippen LogP contribution in [0.2, 0.25) is 0 Å². The van der Waals surface area contributed by atoms with Gasteiger partial charge < -0.3 is 20.2 Å². The molecule has 0 aromatic carbocycles. The highest BCUT2D eigenvalue weighted by atomic mass is 32.2. The predicted octanol–water partition coefficient (Wildman–Crippen LogP) is 1.07. The van der Waals surface area contributed by atoms with Gasteiger partial charge in [-0.05, 0) is 51.7 Å². The molecule has 0 radical (unpaired) electrons. The number of nitrogens with one attached hydrogen (secondary N) is 3. The topological polar surface area (TPSA) is 116 Å². The molecule has 0 spiro atoms. The predicted molar refractivity (Wildman–Crippen MR) is 106 cm³/mol. The lowest BCUT2D eigenvalue weighted by molar-refractivity contribution is 0.0428. The van der Waals surface area contributed by atoms with Crippen molar-refractivity contribution < 1.29 is 17.9 Å². The van der Waals surface area contributed by atoms with Gasteiger partial charge >= 0.3 is 0 Å². The molecule has 1 aromatic heterocycles. The van der Waals surface area contributed by atoms with Crippen LogP contribution < -0.4 is 15.4 Å². The van der Waals surface area contributed by atoms with Crippen LogP contribution in [0, 0.1) is 12.8 Å². The summed E-state index contributed by atoms with van der Waals surface area (Å²) in [6.07, 6.45) is 3.40. The molecule has 0 amide bonds. The summed E-state index contributed by atoms with van der Waals surface area (Å²) in [4.78, 5) is 4.36. The number of hydrogen-bond acceptors (Lipinski definition) is 5. The van der Waals surface area contributed by atoms with Crippen molar-refractivity contribution in [2.24, 2.45) is 10.9 Å². The zero-order valence-corrected chi connectivity index (χ0v) is 17.2. The van der Waals surface area contributed by atoms with Gasteiger partial charge in [-0.25, -0.2) is 18.1 Å². The highest BCUT2D eigenvalue weighted by molar-refractivity contribution is 7.89. The van der Waals surface area contributed by atoms with E-state index >= 15 is 0 Å². The van der Waals surface area contributed by atoms with Crippen molar-refractivity contribution in [2.75, 3.05) is 31.9 Å². The monoisotopic (exact) mass is 400 g/mol. The van der Waals surface area contributed by atoms with Gasteiger partial charge in [-0.2, -0.15) is 0 Å². The molecule has 27 heavy (non-hydrogen) atoms.